The van der Waals surface area contributed by atoms with Crippen molar-refractivity contribution < 1.29 is 14.6 Å². The van der Waals surface area contributed by atoms with Crippen molar-refractivity contribution in [2.45, 2.75) is 62.3 Å². The second kappa shape index (κ2) is 7.75. The summed E-state index contributed by atoms with van der Waals surface area (Å²) in [5.74, 6) is 0.517. The number of hydrogen-bond acceptors (Lipinski definition) is 4. The highest BCUT2D eigenvalue weighted by Crippen LogP contribution is 2.42. The number of ether oxygens (including phenoxy) is 2. The minimum absolute atomic E-state index is 0.0183. The number of rotatable bonds is 6. The van der Waals surface area contributed by atoms with Gasteiger partial charge in [0.2, 0.25) is 0 Å². The lowest BCUT2D eigenvalue weighted by Gasteiger charge is -2.48. The van der Waals surface area contributed by atoms with E-state index in [0.717, 1.165) is 39.0 Å². The number of aliphatic hydroxyl groups is 1. The van der Waals surface area contributed by atoms with Crippen LogP contribution in [0, 0.1) is 0 Å². The Balaban J connectivity index is 1.17. The summed E-state index contributed by atoms with van der Waals surface area (Å²) in [6.45, 7) is 3.88. The van der Waals surface area contributed by atoms with Gasteiger partial charge in [-0.25, -0.2) is 0 Å². The van der Waals surface area contributed by atoms with Crippen molar-refractivity contribution in [3.63, 3.8) is 0 Å². The molecular weight excluding hydrogens is 314 g/mol. The van der Waals surface area contributed by atoms with E-state index in [1.807, 2.05) is 0 Å². The zero-order chi connectivity index (χ0) is 17.1. The summed E-state index contributed by atoms with van der Waals surface area (Å²) < 4.78 is 12.1. The minimum atomic E-state index is -0.384. The zero-order valence-corrected chi connectivity index (χ0v) is 15.1. The van der Waals surface area contributed by atoms with E-state index in [9.17, 15) is 5.11 Å². The van der Waals surface area contributed by atoms with E-state index < -0.39 is 0 Å². The smallest absolute Gasteiger partial charge is 0.0941 e. The van der Waals surface area contributed by atoms with Gasteiger partial charge in [-0.2, -0.15) is 0 Å². The topological polar surface area (TPSA) is 41.9 Å². The maximum absolute atomic E-state index is 10.3. The van der Waals surface area contributed by atoms with Crippen LogP contribution in [-0.4, -0.2) is 60.7 Å². The van der Waals surface area contributed by atoms with Crippen LogP contribution in [0.1, 0.15) is 50.0 Å². The maximum atomic E-state index is 10.3. The van der Waals surface area contributed by atoms with Crippen molar-refractivity contribution in [1.29, 1.82) is 0 Å². The Labute approximate surface area is 151 Å². The molecule has 2 aliphatic heterocycles. The van der Waals surface area contributed by atoms with Crippen molar-refractivity contribution in [2.24, 2.45) is 0 Å². The third-order valence-corrected chi connectivity index (χ3v) is 6.05. The Kier molecular flexibility index (Phi) is 5.41. The summed E-state index contributed by atoms with van der Waals surface area (Å²) in [5, 5.41) is 10.3. The Hall–Kier alpha value is -0.940. The molecule has 1 aromatic carbocycles. The second-order valence-electron chi connectivity index (χ2n) is 8.22. The summed E-state index contributed by atoms with van der Waals surface area (Å²) >= 11 is 0. The minimum Gasteiger partial charge on any atom is -0.389 e. The van der Waals surface area contributed by atoms with Crippen LogP contribution in [-0.2, 0) is 9.47 Å². The Morgan fingerprint density at radius 1 is 1.16 bits per heavy atom. The van der Waals surface area contributed by atoms with Crippen molar-refractivity contribution in [1.82, 2.24) is 4.90 Å². The molecule has 1 N–H and O–H groups in total. The highest BCUT2D eigenvalue weighted by molar-refractivity contribution is 5.22. The summed E-state index contributed by atoms with van der Waals surface area (Å²) in [6.07, 6.45) is 7.29. The van der Waals surface area contributed by atoms with Crippen molar-refractivity contribution in [3.05, 3.63) is 35.9 Å². The van der Waals surface area contributed by atoms with Gasteiger partial charge in [0.25, 0.3) is 0 Å². The fraction of sp³-hybridized carbons (Fsp3) is 0.714. The van der Waals surface area contributed by atoms with E-state index in [0.29, 0.717) is 25.2 Å². The molecule has 3 fully saturated rings. The third kappa shape index (κ3) is 4.25. The van der Waals surface area contributed by atoms with E-state index >= 15 is 0 Å². The maximum Gasteiger partial charge on any atom is 0.0941 e. The summed E-state index contributed by atoms with van der Waals surface area (Å²) in [7, 11) is 0. The molecule has 3 aliphatic rings. The fourth-order valence-corrected chi connectivity index (χ4v) is 4.73. The van der Waals surface area contributed by atoms with Crippen LogP contribution in [0.2, 0.25) is 0 Å². The molecule has 0 bridgehead atoms. The van der Waals surface area contributed by atoms with Gasteiger partial charge < -0.3 is 14.6 Å². The second-order valence-corrected chi connectivity index (χ2v) is 8.22. The molecule has 1 spiro atoms. The Bertz CT molecular complexity index is 537. The van der Waals surface area contributed by atoms with Gasteiger partial charge in [-0.3, -0.25) is 4.90 Å². The SMILES string of the molecule is O[C@@H](COC1CCCCC1)CN1CC2(CC(c3ccccc3)CO2)C1. The molecule has 1 saturated carbocycles. The van der Waals surface area contributed by atoms with Crippen LogP contribution < -0.4 is 0 Å². The number of β-amino-alcohol motifs (C(OH)–C–C–N with tert-alkyl or cyclic N) is 1. The lowest BCUT2D eigenvalue weighted by molar-refractivity contribution is -0.126. The number of likely N-dealkylation sites (tertiary alicyclic amines) is 1. The highest BCUT2D eigenvalue weighted by Gasteiger charge is 2.49. The monoisotopic (exact) mass is 345 g/mol. The van der Waals surface area contributed by atoms with Crippen LogP contribution in [0.3, 0.4) is 0 Å². The molecule has 25 heavy (non-hydrogen) atoms. The Morgan fingerprint density at radius 2 is 1.92 bits per heavy atom. The molecule has 2 saturated heterocycles. The third-order valence-electron chi connectivity index (χ3n) is 6.05. The van der Waals surface area contributed by atoms with E-state index in [1.165, 1.54) is 24.8 Å². The van der Waals surface area contributed by atoms with Crippen LogP contribution in [0.25, 0.3) is 0 Å². The van der Waals surface area contributed by atoms with Crippen LogP contribution in [0.15, 0.2) is 30.3 Å². The summed E-state index contributed by atoms with van der Waals surface area (Å²) in [6, 6.07) is 10.7. The number of aliphatic hydroxyl groups excluding tert-OH is 1. The lowest BCUT2D eigenvalue weighted by Crippen LogP contribution is -2.63. The molecular formula is C21H31NO3. The highest BCUT2D eigenvalue weighted by atomic mass is 16.5. The normalized spacial score (nSPS) is 28.1. The average Bonchev–Trinajstić information content (AvgIpc) is 3.07. The van der Waals surface area contributed by atoms with Gasteiger partial charge >= 0.3 is 0 Å². The van der Waals surface area contributed by atoms with Gasteiger partial charge in [0.15, 0.2) is 0 Å². The first kappa shape index (κ1) is 17.5. The van der Waals surface area contributed by atoms with Crippen molar-refractivity contribution in [2.75, 3.05) is 32.8 Å². The molecule has 1 aliphatic carbocycles. The number of hydrogen-bond donors (Lipinski definition) is 1. The Morgan fingerprint density at radius 3 is 2.68 bits per heavy atom. The van der Waals surface area contributed by atoms with E-state index in [1.54, 1.807) is 0 Å². The fourth-order valence-electron chi connectivity index (χ4n) is 4.73. The van der Waals surface area contributed by atoms with Gasteiger partial charge in [0.05, 0.1) is 31.0 Å². The molecule has 0 amide bonds. The van der Waals surface area contributed by atoms with Crippen molar-refractivity contribution >= 4 is 0 Å². The van der Waals surface area contributed by atoms with E-state index in [2.05, 4.69) is 35.2 Å². The summed E-state index contributed by atoms with van der Waals surface area (Å²) in [4.78, 5) is 2.31. The molecule has 0 radical (unpaired) electrons. The van der Waals surface area contributed by atoms with Gasteiger partial charge in [-0.05, 0) is 24.8 Å². The molecule has 4 heteroatoms. The molecule has 1 unspecified atom stereocenters. The summed E-state index contributed by atoms with van der Waals surface area (Å²) in [5.41, 5.74) is 1.41. The largest absolute Gasteiger partial charge is 0.389 e. The van der Waals surface area contributed by atoms with Crippen LogP contribution in [0.4, 0.5) is 0 Å². The first-order valence-corrected chi connectivity index (χ1v) is 9.93. The van der Waals surface area contributed by atoms with Crippen molar-refractivity contribution in [3.8, 4) is 0 Å². The number of benzene rings is 1. The lowest BCUT2D eigenvalue weighted by atomic mass is 9.84. The molecule has 138 valence electrons. The first-order valence-electron chi connectivity index (χ1n) is 9.93. The average molecular weight is 345 g/mol. The molecule has 1 aromatic rings. The van der Waals surface area contributed by atoms with Gasteiger partial charge in [-0.1, -0.05) is 49.6 Å². The number of nitrogens with zero attached hydrogens (tertiary/aromatic N) is 1. The molecule has 4 nitrogen and oxygen atoms in total. The standard InChI is InChI=1S/C21H31NO3/c23-19(14-24-20-9-5-2-6-10-20)12-22-15-21(16-22)11-18(13-25-21)17-7-3-1-4-8-17/h1,3-4,7-8,18-20,23H,2,5-6,9-16H2/t18?,19-/m1/s1. The van der Waals surface area contributed by atoms with E-state index in [-0.39, 0.29) is 11.7 Å². The predicted molar refractivity (Wildman–Crippen MR) is 97.8 cm³/mol. The van der Waals surface area contributed by atoms with Gasteiger partial charge in [0, 0.05) is 25.6 Å². The molecule has 4 rings (SSSR count). The van der Waals surface area contributed by atoms with E-state index in [4.69, 9.17) is 9.47 Å². The quantitative estimate of drug-likeness (QED) is 0.861. The van der Waals surface area contributed by atoms with Crippen LogP contribution in [0.5, 0.6) is 0 Å². The first-order chi connectivity index (χ1) is 12.2. The van der Waals surface area contributed by atoms with Gasteiger partial charge in [-0.15, -0.1) is 0 Å². The zero-order valence-electron chi connectivity index (χ0n) is 15.1. The predicted octanol–water partition coefficient (Wildman–Crippen LogP) is 2.96. The van der Waals surface area contributed by atoms with Gasteiger partial charge in [0.1, 0.15) is 0 Å². The van der Waals surface area contributed by atoms with Crippen LogP contribution >= 0.6 is 0 Å². The molecule has 2 heterocycles. The molecule has 2 atom stereocenters. The molecule has 0 aromatic heterocycles.